The molecule has 220 valence electrons. The first-order valence-corrected chi connectivity index (χ1v) is 16.9. The van der Waals surface area contributed by atoms with E-state index in [1.165, 1.54) is 0 Å². The molecule has 0 unspecified atom stereocenters. The number of hydrogen-bond donors (Lipinski definition) is 3. The minimum absolute atomic E-state index is 0.00378. The monoisotopic (exact) mass is 587 g/mol. The van der Waals surface area contributed by atoms with E-state index in [9.17, 15) is 14.7 Å². The van der Waals surface area contributed by atoms with Crippen molar-refractivity contribution in [2.45, 2.75) is 63.8 Å². The molecule has 3 atom stereocenters. The van der Waals surface area contributed by atoms with Gasteiger partial charge in [-0.25, -0.2) is 0 Å². The highest BCUT2D eigenvalue weighted by molar-refractivity contribution is 6.74. The molecule has 2 aromatic heterocycles. The lowest BCUT2D eigenvalue weighted by atomic mass is 10.2. The smallest absolute Gasteiger partial charge is 0.258 e. The van der Waals surface area contributed by atoms with Crippen molar-refractivity contribution in [1.82, 2.24) is 14.5 Å². The average molecular weight is 588 g/mol. The maximum absolute atomic E-state index is 13.1. The van der Waals surface area contributed by atoms with E-state index >= 15 is 0 Å². The normalized spacial score (nSPS) is 19.1. The van der Waals surface area contributed by atoms with Crippen LogP contribution in [0.1, 0.15) is 54.1 Å². The molecule has 1 saturated heterocycles. The van der Waals surface area contributed by atoms with Crippen molar-refractivity contribution in [3.8, 4) is 0 Å². The van der Waals surface area contributed by atoms with E-state index in [1.54, 1.807) is 54.6 Å². The molecule has 42 heavy (non-hydrogen) atoms. The zero-order valence-corrected chi connectivity index (χ0v) is 25.5. The van der Waals surface area contributed by atoms with Crippen LogP contribution < -0.4 is 10.6 Å². The minimum Gasteiger partial charge on any atom is -0.411 e. The van der Waals surface area contributed by atoms with Crippen molar-refractivity contribution in [1.29, 1.82) is 0 Å². The predicted molar refractivity (Wildman–Crippen MR) is 164 cm³/mol. The summed E-state index contributed by atoms with van der Waals surface area (Å²) in [7, 11) is -2.14. The SMILES string of the molecule is CC(C)(C)[Si](C)(C)O[C@H]1C[C@H](n2ccc3c(NC(=O)c4ccccc4)nc(NC(=O)c4ccccc4)nc32)O[C@@H]1CO. The Kier molecular flexibility index (Phi) is 8.29. The van der Waals surface area contributed by atoms with E-state index < -0.39 is 20.6 Å². The van der Waals surface area contributed by atoms with Gasteiger partial charge in [0.15, 0.2) is 8.32 Å². The zero-order valence-electron chi connectivity index (χ0n) is 24.5. The van der Waals surface area contributed by atoms with Crippen LogP contribution in [0.5, 0.6) is 0 Å². The summed E-state index contributed by atoms with van der Waals surface area (Å²) in [6, 6.07) is 19.4. The molecule has 11 heteroatoms. The largest absolute Gasteiger partial charge is 0.411 e. The number of aliphatic hydroxyl groups is 1. The first-order valence-electron chi connectivity index (χ1n) is 14.0. The molecule has 0 aliphatic carbocycles. The predicted octanol–water partition coefficient (Wildman–Crippen LogP) is 5.61. The maximum atomic E-state index is 13.1. The Morgan fingerprint density at radius 2 is 1.57 bits per heavy atom. The number of nitrogens with one attached hydrogen (secondary N) is 2. The van der Waals surface area contributed by atoms with Gasteiger partial charge in [0.05, 0.1) is 18.1 Å². The second-order valence-electron chi connectivity index (χ2n) is 12.0. The van der Waals surface area contributed by atoms with Crippen molar-refractivity contribution in [2.75, 3.05) is 17.2 Å². The highest BCUT2D eigenvalue weighted by atomic mass is 28.4. The number of aliphatic hydroxyl groups excluding tert-OH is 1. The second kappa shape index (κ2) is 11.8. The number of carbonyl (C=O) groups excluding carboxylic acids is 2. The molecule has 4 aromatic rings. The summed E-state index contributed by atoms with van der Waals surface area (Å²) in [6.45, 7) is 10.7. The fourth-order valence-corrected chi connectivity index (χ4v) is 6.02. The Labute approximate surface area is 246 Å². The summed E-state index contributed by atoms with van der Waals surface area (Å²) in [5, 5.41) is 16.4. The molecule has 5 rings (SSSR count). The Morgan fingerprint density at radius 3 is 2.14 bits per heavy atom. The van der Waals surface area contributed by atoms with E-state index in [2.05, 4.69) is 54.5 Å². The number of carbonyl (C=O) groups is 2. The van der Waals surface area contributed by atoms with E-state index in [0.29, 0.717) is 28.6 Å². The summed E-state index contributed by atoms with van der Waals surface area (Å²) in [5.74, 6) is -0.440. The number of rotatable bonds is 8. The summed E-state index contributed by atoms with van der Waals surface area (Å²) in [4.78, 5) is 35.2. The molecule has 0 saturated carbocycles. The van der Waals surface area contributed by atoms with Crippen LogP contribution in [0, 0.1) is 0 Å². The molecule has 1 aliphatic heterocycles. The molecule has 2 amide bonds. The zero-order chi connectivity index (χ0) is 30.1. The molecule has 3 N–H and O–H groups in total. The lowest BCUT2D eigenvalue weighted by Crippen LogP contribution is -2.46. The maximum Gasteiger partial charge on any atom is 0.258 e. The Balaban J connectivity index is 1.50. The van der Waals surface area contributed by atoms with Crippen molar-refractivity contribution in [2.24, 2.45) is 0 Å². The first-order chi connectivity index (χ1) is 20.0. The number of fused-ring (bicyclic) bond motifs is 1. The molecular weight excluding hydrogens is 550 g/mol. The third-order valence-corrected chi connectivity index (χ3v) is 12.5. The van der Waals surface area contributed by atoms with Crippen LogP contribution in [0.2, 0.25) is 18.1 Å². The van der Waals surface area contributed by atoms with Crippen LogP contribution in [0.15, 0.2) is 72.9 Å². The Morgan fingerprint density at radius 1 is 0.976 bits per heavy atom. The summed E-state index contributed by atoms with van der Waals surface area (Å²) in [6.07, 6.45) is 1.03. The molecule has 1 fully saturated rings. The van der Waals surface area contributed by atoms with Crippen LogP contribution >= 0.6 is 0 Å². The van der Waals surface area contributed by atoms with Crippen LogP contribution in [-0.4, -0.2) is 58.6 Å². The standard InChI is InChI=1S/C31H37N5O5Si/c1-31(2,3)42(4,5)41-23-18-25(40-24(23)19-37)36-17-16-22-26(32-28(38)20-12-8-6-9-13-20)33-30(34-27(22)36)35-29(39)21-14-10-7-11-15-21/h6-17,23-25,37H,18-19H2,1-5H3,(H2,32,33,34,35,38,39)/t23-,24+,25+/m0/s1. The number of aromatic nitrogens is 3. The molecule has 1 aliphatic rings. The van der Waals surface area contributed by atoms with Gasteiger partial charge in [0.25, 0.3) is 11.8 Å². The number of anilines is 2. The van der Waals surface area contributed by atoms with Crippen LogP contribution in [0.4, 0.5) is 11.8 Å². The Bertz CT molecular complexity index is 1570. The van der Waals surface area contributed by atoms with Gasteiger partial charge in [-0.15, -0.1) is 0 Å². The van der Waals surface area contributed by atoms with Crippen LogP contribution in [0.3, 0.4) is 0 Å². The van der Waals surface area contributed by atoms with Crippen molar-refractivity contribution in [3.05, 3.63) is 84.1 Å². The Hall–Kier alpha value is -3.90. The van der Waals surface area contributed by atoms with E-state index in [0.717, 1.165) is 0 Å². The highest BCUT2D eigenvalue weighted by Gasteiger charge is 2.45. The van der Waals surface area contributed by atoms with E-state index in [4.69, 9.17) is 9.16 Å². The van der Waals surface area contributed by atoms with Crippen molar-refractivity contribution < 1.29 is 23.9 Å². The molecule has 10 nitrogen and oxygen atoms in total. The fraction of sp³-hybridized carbons (Fsp3) is 0.355. The van der Waals surface area contributed by atoms with Gasteiger partial charge in [0.2, 0.25) is 5.95 Å². The summed E-state index contributed by atoms with van der Waals surface area (Å²) >= 11 is 0. The number of nitrogens with zero attached hydrogens (tertiary/aromatic N) is 3. The molecule has 0 spiro atoms. The molecular formula is C31H37N5O5Si. The van der Waals surface area contributed by atoms with Gasteiger partial charge in [-0.05, 0) is 48.5 Å². The third-order valence-electron chi connectivity index (χ3n) is 8.02. The molecule has 0 bridgehead atoms. The third kappa shape index (κ3) is 6.14. The van der Waals surface area contributed by atoms with Crippen molar-refractivity contribution in [3.63, 3.8) is 0 Å². The second-order valence-corrected chi connectivity index (χ2v) is 16.7. The van der Waals surface area contributed by atoms with Gasteiger partial charge in [-0.1, -0.05) is 57.2 Å². The topological polar surface area (TPSA) is 128 Å². The van der Waals surface area contributed by atoms with Crippen LogP contribution in [-0.2, 0) is 9.16 Å². The van der Waals surface area contributed by atoms with E-state index in [-0.39, 0.29) is 41.3 Å². The van der Waals surface area contributed by atoms with Crippen molar-refractivity contribution >= 4 is 42.9 Å². The van der Waals surface area contributed by atoms with Crippen LogP contribution in [0.25, 0.3) is 11.0 Å². The van der Waals surface area contributed by atoms with Gasteiger partial charge in [-0.3, -0.25) is 14.9 Å². The number of amides is 2. The number of ether oxygens (including phenoxy) is 1. The highest BCUT2D eigenvalue weighted by Crippen LogP contribution is 2.42. The van der Waals surface area contributed by atoms with E-state index in [1.807, 2.05) is 22.9 Å². The summed E-state index contributed by atoms with van der Waals surface area (Å²) in [5.41, 5.74) is 1.38. The van der Waals surface area contributed by atoms with Gasteiger partial charge < -0.3 is 24.2 Å². The van der Waals surface area contributed by atoms with Gasteiger partial charge >= 0.3 is 0 Å². The van der Waals surface area contributed by atoms with Gasteiger partial charge in [0, 0.05) is 23.7 Å². The van der Waals surface area contributed by atoms with Gasteiger partial charge in [0.1, 0.15) is 23.8 Å². The quantitative estimate of drug-likeness (QED) is 0.229. The molecule has 2 aromatic carbocycles. The number of benzene rings is 2. The lowest BCUT2D eigenvalue weighted by Gasteiger charge is -2.39. The van der Waals surface area contributed by atoms with Gasteiger partial charge in [-0.2, -0.15) is 9.97 Å². The lowest BCUT2D eigenvalue weighted by molar-refractivity contribution is -0.0408. The molecule has 3 heterocycles. The fourth-order valence-electron chi connectivity index (χ4n) is 4.66. The first kappa shape index (κ1) is 29.6. The molecule has 0 radical (unpaired) electrons. The number of hydrogen-bond acceptors (Lipinski definition) is 7. The average Bonchev–Trinajstić information content (AvgIpc) is 3.57. The summed E-state index contributed by atoms with van der Waals surface area (Å²) < 4.78 is 14.8. The minimum atomic E-state index is -2.14.